The third-order valence-electron chi connectivity index (χ3n) is 3.81. The first kappa shape index (κ1) is 16.2. The van der Waals surface area contributed by atoms with Gasteiger partial charge in [-0.25, -0.2) is 4.39 Å². The van der Waals surface area contributed by atoms with Crippen LogP contribution in [0.1, 0.15) is 17.2 Å². The predicted octanol–water partition coefficient (Wildman–Crippen LogP) is 3.90. The molecule has 5 heteroatoms. The Balaban J connectivity index is 1.91. The molecule has 3 rings (SSSR count). The van der Waals surface area contributed by atoms with Gasteiger partial charge in [0.05, 0.1) is 11.6 Å². The van der Waals surface area contributed by atoms with E-state index in [2.05, 4.69) is 11.4 Å². The fourth-order valence-electron chi connectivity index (χ4n) is 2.69. The van der Waals surface area contributed by atoms with Gasteiger partial charge in [0.25, 0.3) is 0 Å². The average molecular weight is 336 g/mol. The molecule has 0 amide bonds. The molecule has 1 N–H and O–H groups in total. The minimum absolute atomic E-state index is 0.133. The summed E-state index contributed by atoms with van der Waals surface area (Å²) >= 11 is 6.11. The topological polar surface area (TPSA) is 30.5 Å². The Morgan fingerprint density at radius 2 is 2.17 bits per heavy atom. The van der Waals surface area contributed by atoms with Crippen molar-refractivity contribution < 1.29 is 13.9 Å². The van der Waals surface area contributed by atoms with Crippen molar-refractivity contribution >= 4 is 11.6 Å². The Morgan fingerprint density at radius 3 is 2.87 bits per heavy atom. The number of halogens is 2. The Morgan fingerprint density at radius 1 is 1.30 bits per heavy atom. The molecular formula is C18H19ClFNO2. The van der Waals surface area contributed by atoms with Crippen LogP contribution in [-0.2, 0) is 4.74 Å². The molecule has 2 aromatic carbocycles. The van der Waals surface area contributed by atoms with E-state index in [4.69, 9.17) is 21.1 Å². The lowest BCUT2D eigenvalue weighted by atomic mass is 10.0. The first-order valence-corrected chi connectivity index (χ1v) is 8.02. The first-order chi connectivity index (χ1) is 11.1. The van der Waals surface area contributed by atoms with E-state index in [9.17, 15) is 4.39 Å². The van der Waals surface area contributed by atoms with Crippen molar-refractivity contribution in [3.05, 3.63) is 64.4 Å². The van der Waals surface area contributed by atoms with Crippen molar-refractivity contribution in [2.24, 2.45) is 0 Å². The molecule has 2 aromatic rings. The molecule has 1 saturated heterocycles. The Bertz CT molecular complexity index is 674. The average Bonchev–Trinajstić information content (AvgIpc) is 2.55. The second-order valence-corrected chi connectivity index (χ2v) is 6.05. The van der Waals surface area contributed by atoms with E-state index < -0.39 is 0 Å². The lowest BCUT2D eigenvalue weighted by Gasteiger charge is -2.32. The molecule has 1 aliphatic rings. The molecule has 1 fully saturated rings. The smallest absolute Gasteiger partial charge is 0.151 e. The number of morpholine rings is 1. The molecule has 0 radical (unpaired) electrons. The maximum Gasteiger partial charge on any atom is 0.151 e. The molecule has 0 spiro atoms. The van der Waals surface area contributed by atoms with Crippen molar-refractivity contribution in [2.45, 2.75) is 19.1 Å². The normalized spacial score (nSPS) is 19.3. The summed E-state index contributed by atoms with van der Waals surface area (Å²) in [5.41, 5.74) is 2.16. The van der Waals surface area contributed by atoms with E-state index in [-0.39, 0.29) is 23.0 Å². The van der Waals surface area contributed by atoms with Crippen molar-refractivity contribution in [3.63, 3.8) is 0 Å². The van der Waals surface area contributed by atoms with Gasteiger partial charge in [0, 0.05) is 13.1 Å². The molecule has 122 valence electrons. The molecule has 1 aliphatic heterocycles. The zero-order valence-corrected chi connectivity index (χ0v) is 13.6. The molecular weight excluding hydrogens is 317 g/mol. The molecule has 0 saturated carbocycles. The minimum atomic E-state index is -0.384. The summed E-state index contributed by atoms with van der Waals surface area (Å²) in [6, 6.07) is 12.2. The SMILES string of the molecule is Cc1cccc(C(Oc2ccc(F)cc2Cl)[C@@H]2CNCCO2)c1. The highest BCUT2D eigenvalue weighted by atomic mass is 35.5. The molecule has 3 nitrogen and oxygen atoms in total. The molecule has 2 atom stereocenters. The van der Waals surface area contributed by atoms with Gasteiger partial charge in [0.15, 0.2) is 6.10 Å². The Kier molecular flexibility index (Phi) is 5.16. The van der Waals surface area contributed by atoms with E-state index in [0.29, 0.717) is 18.9 Å². The Labute approximate surface area is 140 Å². The molecule has 0 aromatic heterocycles. The summed E-state index contributed by atoms with van der Waals surface area (Å²) in [6.07, 6.45) is -0.447. The van der Waals surface area contributed by atoms with Crippen LogP contribution < -0.4 is 10.1 Å². The number of rotatable bonds is 4. The maximum absolute atomic E-state index is 13.2. The van der Waals surface area contributed by atoms with Crippen LogP contribution in [0.15, 0.2) is 42.5 Å². The van der Waals surface area contributed by atoms with Crippen molar-refractivity contribution in [2.75, 3.05) is 19.7 Å². The summed E-state index contributed by atoms with van der Waals surface area (Å²) in [4.78, 5) is 0. The fourth-order valence-corrected chi connectivity index (χ4v) is 2.91. The van der Waals surface area contributed by atoms with Crippen LogP contribution in [0.25, 0.3) is 0 Å². The monoisotopic (exact) mass is 335 g/mol. The van der Waals surface area contributed by atoms with Crippen molar-refractivity contribution in [3.8, 4) is 5.75 Å². The summed E-state index contributed by atoms with van der Waals surface area (Å²) in [5, 5.41) is 3.57. The molecule has 0 bridgehead atoms. The van der Waals surface area contributed by atoms with Gasteiger partial charge in [-0.3, -0.25) is 0 Å². The quantitative estimate of drug-likeness (QED) is 0.919. The van der Waals surface area contributed by atoms with Crippen LogP contribution in [0.4, 0.5) is 4.39 Å². The number of hydrogen-bond acceptors (Lipinski definition) is 3. The number of ether oxygens (including phenoxy) is 2. The molecule has 1 unspecified atom stereocenters. The number of aryl methyl sites for hydroxylation is 1. The van der Waals surface area contributed by atoms with E-state index in [0.717, 1.165) is 17.7 Å². The van der Waals surface area contributed by atoms with Gasteiger partial charge >= 0.3 is 0 Å². The van der Waals surface area contributed by atoms with Gasteiger partial charge in [0.2, 0.25) is 0 Å². The van der Waals surface area contributed by atoms with E-state index in [1.165, 1.54) is 12.1 Å². The number of hydrogen-bond donors (Lipinski definition) is 1. The lowest BCUT2D eigenvalue weighted by Crippen LogP contribution is -2.43. The van der Waals surface area contributed by atoms with Gasteiger partial charge in [-0.15, -0.1) is 0 Å². The van der Waals surface area contributed by atoms with Crippen LogP contribution in [0, 0.1) is 12.7 Å². The standard InChI is InChI=1S/C18H19ClFNO2/c1-12-3-2-4-13(9-12)18(17-11-21-7-8-22-17)23-16-6-5-14(20)10-15(16)19/h2-6,9-10,17-18,21H,7-8,11H2,1H3/t17-,18?/m0/s1. The summed E-state index contributed by atoms with van der Waals surface area (Å²) < 4.78 is 25.2. The van der Waals surface area contributed by atoms with Gasteiger partial charge in [0.1, 0.15) is 17.7 Å². The number of benzene rings is 2. The summed E-state index contributed by atoms with van der Waals surface area (Å²) in [7, 11) is 0. The molecule has 1 heterocycles. The predicted molar refractivity (Wildman–Crippen MR) is 88.6 cm³/mol. The maximum atomic E-state index is 13.2. The van der Waals surface area contributed by atoms with E-state index in [1.807, 2.05) is 25.1 Å². The third-order valence-corrected chi connectivity index (χ3v) is 4.11. The minimum Gasteiger partial charge on any atom is -0.481 e. The first-order valence-electron chi connectivity index (χ1n) is 7.64. The van der Waals surface area contributed by atoms with Crippen LogP contribution in [0.2, 0.25) is 5.02 Å². The fraction of sp³-hybridized carbons (Fsp3) is 0.333. The van der Waals surface area contributed by atoms with Gasteiger partial charge in [-0.2, -0.15) is 0 Å². The molecule has 0 aliphatic carbocycles. The van der Waals surface area contributed by atoms with Gasteiger partial charge in [-0.05, 0) is 30.7 Å². The zero-order chi connectivity index (χ0) is 16.2. The van der Waals surface area contributed by atoms with E-state index in [1.54, 1.807) is 6.07 Å². The second kappa shape index (κ2) is 7.30. The van der Waals surface area contributed by atoms with Crippen LogP contribution >= 0.6 is 11.6 Å². The lowest BCUT2D eigenvalue weighted by molar-refractivity contribution is -0.0432. The van der Waals surface area contributed by atoms with E-state index >= 15 is 0 Å². The van der Waals surface area contributed by atoms with Crippen LogP contribution in [0.3, 0.4) is 0 Å². The highest BCUT2D eigenvalue weighted by molar-refractivity contribution is 6.32. The Hall–Kier alpha value is -1.62. The third kappa shape index (κ3) is 4.02. The van der Waals surface area contributed by atoms with Crippen LogP contribution in [-0.4, -0.2) is 25.8 Å². The molecule has 23 heavy (non-hydrogen) atoms. The highest BCUT2D eigenvalue weighted by Crippen LogP contribution is 2.32. The summed E-state index contributed by atoms with van der Waals surface area (Å²) in [5.74, 6) is 0.0683. The van der Waals surface area contributed by atoms with Gasteiger partial charge in [-0.1, -0.05) is 41.4 Å². The summed E-state index contributed by atoms with van der Waals surface area (Å²) in [6.45, 7) is 4.19. The zero-order valence-electron chi connectivity index (χ0n) is 12.9. The van der Waals surface area contributed by atoms with Crippen molar-refractivity contribution in [1.29, 1.82) is 0 Å². The highest BCUT2D eigenvalue weighted by Gasteiger charge is 2.28. The largest absolute Gasteiger partial charge is 0.481 e. The van der Waals surface area contributed by atoms with Crippen LogP contribution in [0.5, 0.6) is 5.75 Å². The van der Waals surface area contributed by atoms with Crippen molar-refractivity contribution in [1.82, 2.24) is 5.32 Å². The van der Waals surface area contributed by atoms with Gasteiger partial charge < -0.3 is 14.8 Å². The second-order valence-electron chi connectivity index (χ2n) is 5.64. The number of nitrogens with one attached hydrogen (secondary N) is 1.